The molecule has 0 N–H and O–H groups in total. The molecule has 1 amide bonds. The molecule has 2 rings (SSSR count). The van der Waals surface area contributed by atoms with Crippen LogP contribution in [-0.2, 0) is 6.54 Å². The van der Waals surface area contributed by atoms with E-state index in [0.29, 0.717) is 5.56 Å². The maximum Gasteiger partial charge on any atom is 0.253 e. The van der Waals surface area contributed by atoms with Gasteiger partial charge in [0.1, 0.15) is 17.5 Å². The molecule has 0 spiro atoms. The summed E-state index contributed by atoms with van der Waals surface area (Å²) in [5, 5.41) is 0. The van der Waals surface area contributed by atoms with Crippen molar-refractivity contribution in [1.82, 2.24) is 4.90 Å². The molecule has 2 aromatic rings. The Hall–Kier alpha value is -2.30. The molecule has 0 aliphatic carbocycles. The molecule has 0 unspecified atom stereocenters. The zero-order valence-corrected chi connectivity index (χ0v) is 10.7. The summed E-state index contributed by atoms with van der Waals surface area (Å²) in [4.78, 5) is 13.3. The summed E-state index contributed by atoms with van der Waals surface area (Å²) in [5.41, 5.74) is 0.515. The first kappa shape index (κ1) is 14.1. The summed E-state index contributed by atoms with van der Waals surface area (Å²) < 4.78 is 39.1. The predicted octanol–water partition coefficient (Wildman–Crippen LogP) is 3.38. The summed E-state index contributed by atoms with van der Waals surface area (Å²) in [7, 11) is 1.49. The molecule has 2 nitrogen and oxygen atoms in total. The number of nitrogens with zero attached hydrogens (tertiary/aromatic N) is 1. The lowest BCUT2D eigenvalue weighted by Crippen LogP contribution is -2.26. The second-order valence-corrected chi connectivity index (χ2v) is 4.40. The van der Waals surface area contributed by atoms with Crippen LogP contribution in [0.4, 0.5) is 13.2 Å². The Kier molecular flexibility index (Phi) is 4.08. The summed E-state index contributed by atoms with van der Waals surface area (Å²) in [6.07, 6.45) is 0. The van der Waals surface area contributed by atoms with Gasteiger partial charge in [0.25, 0.3) is 5.91 Å². The molecule has 5 heteroatoms. The van der Waals surface area contributed by atoms with Crippen LogP contribution < -0.4 is 0 Å². The zero-order valence-electron chi connectivity index (χ0n) is 10.7. The Morgan fingerprint density at radius 3 is 2.20 bits per heavy atom. The van der Waals surface area contributed by atoms with Crippen LogP contribution in [-0.4, -0.2) is 17.9 Å². The molecule has 2 aromatic carbocycles. The summed E-state index contributed by atoms with van der Waals surface area (Å²) >= 11 is 0. The molecule has 0 aliphatic heterocycles. The van der Waals surface area contributed by atoms with Gasteiger partial charge in [0.15, 0.2) is 0 Å². The van der Waals surface area contributed by atoms with E-state index in [9.17, 15) is 18.0 Å². The van der Waals surface area contributed by atoms with Crippen LogP contribution in [0.2, 0.25) is 0 Å². The number of rotatable bonds is 3. The maximum absolute atomic E-state index is 13.5. The van der Waals surface area contributed by atoms with Gasteiger partial charge in [-0.2, -0.15) is 0 Å². The van der Waals surface area contributed by atoms with E-state index in [1.807, 2.05) is 0 Å². The van der Waals surface area contributed by atoms with Crippen LogP contribution in [0.3, 0.4) is 0 Å². The third-order valence-corrected chi connectivity index (χ3v) is 2.86. The van der Waals surface area contributed by atoms with Gasteiger partial charge >= 0.3 is 0 Å². The lowest BCUT2D eigenvalue weighted by Gasteiger charge is -2.17. The highest BCUT2D eigenvalue weighted by Crippen LogP contribution is 2.13. The lowest BCUT2D eigenvalue weighted by atomic mass is 10.1. The SMILES string of the molecule is CN(Cc1ccc(F)cc1F)C(=O)c1ccc(F)cc1. The molecule has 0 atom stereocenters. The molecule has 0 aromatic heterocycles. The fourth-order valence-electron chi connectivity index (χ4n) is 1.79. The minimum atomic E-state index is -0.705. The number of carbonyl (C=O) groups excluding carboxylic acids is 1. The molecular formula is C15H12F3NO. The lowest BCUT2D eigenvalue weighted by molar-refractivity contribution is 0.0784. The first-order chi connectivity index (χ1) is 9.47. The van der Waals surface area contributed by atoms with E-state index in [-0.39, 0.29) is 18.0 Å². The third kappa shape index (κ3) is 3.17. The molecule has 0 radical (unpaired) electrons. The number of carbonyl (C=O) groups is 1. The first-order valence-electron chi connectivity index (χ1n) is 5.92. The molecule has 0 fully saturated rings. The van der Waals surface area contributed by atoms with Crippen molar-refractivity contribution in [3.8, 4) is 0 Å². The van der Waals surface area contributed by atoms with Crippen molar-refractivity contribution in [2.75, 3.05) is 7.05 Å². The van der Waals surface area contributed by atoms with Gasteiger partial charge in [-0.15, -0.1) is 0 Å². The quantitative estimate of drug-likeness (QED) is 0.843. The Labute approximate surface area is 114 Å². The van der Waals surface area contributed by atoms with Gasteiger partial charge in [-0.3, -0.25) is 4.79 Å². The second kappa shape index (κ2) is 5.77. The molecule has 20 heavy (non-hydrogen) atoms. The third-order valence-electron chi connectivity index (χ3n) is 2.86. The summed E-state index contributed by atoms with van der Waals surface area (Å²) in [6.45, 7) is 0.00230. The smallest absolute Gasteiger partial charge is 0.253 e. The van der Waals surface area contributed by atoms with Gasteiger partial charge < -0.3 is 4.90 Å². The van der Waals surface area contributed by atoms with Crippen molar-refractivity contribution >= 4 is 5.91 Å². The van der Waals surface area contributed by atoms with Gasteiger partial charge in [-0.1, -0.05) is 6.07 Å². The van der Waals surface area contributed by atoms with E-state index in [4.69, 9.17) is 0 Å². The highest BCUT2D eigenvalue weighted by atomic mass is 19.1. The van der Waals surface area contributed by atoms with E-state index in [0.717, 1.165) is 12.1 Å². The Morgan fingerprint density at radius 2 is 1.60 bits per heavy atom. The number of benzene rings is 2. The fourth-order valence-corrected chi connectivity index (χ4v) is 1.79. The largest absolute Gasteiger partial charge is 0.337 e. The van der Waals surface area contributed by atoms with E-state index >= 15 is 0 Å². The maximum atomic E-state index is 13.5. The fraction of sp³-hybridized carbons (Fsp3) is 0.133. The predicted molar refractivity (Wildman–Crippen MR) is 68.6 cm³/mol. The Bertz CT molecular complexity index is 626. The van der Waals surface area contributed by atoms with Crippen molar-refractivity contribution in [2.45, 2.75) is 6.54 Å². The number of hydrogen-bond donors (Lipinski definition) is 0. The molecule has 0 saturated heterocycles. The molecule has 0 heterocycles. The standard InChI is InChI=1S/C15H12F3NO/c1-19(9-11-4-7-13(17)8-14(11)18)15(20)10-2-5-12(16)6-3-10/h2-8H,9H2,1H3. The van der Waals surface area contributed by atoms with Crippen molar-refractivity contribution < 1.29 is 18.0 Å². The highest BCUT2D eigenvalue weighted by molar-refractivity contribution is 5.93. The van der Waals surface area contributed by atoms with Crippen molar-refractivity contribution in [3.05, 3.63) is 71.0 Å². The molecule has 0 saturated carbocycles. The average molecular weight is 279 g/mol. The van der Waals surface area contributed by atoms with Crippen LogP contribution in [0.25, 0.3) is 0 Å². The van der Waals surface area contributed by atoms with Gasteiger partial charge in [0.2, 0.25) is 0 Å². The van der Waals surface area contributed by atoms with Crippen LogP contribution >= 0.6 is 0 Å². The first-order valence-corrected chi connectivity index (χ1v) is 5.92. The Balaban J connectivity index is 2.13. The minimum Gasteiger partial charge on any atom is -0.337 e. The monoisotopic (exact) mass is 279 g/mol. The van der Waals surface area contributed by atoms with Crippen LogP contribution in [0.15, 0.2) is 42.5 Å². The Morgan fingerprint density at radius 1 is 1.00 bits per heavy atom. The van der Waals surface area contributed by atoms with Gasteiger partial charge in [-0.05, 0) is 30.3 Å². The van der Waals surface area contributed by atoms with Crippen molar-refractivity contribution in [3.63, 3.8) is 0 Å². The van der Waals surface area contributed by atoms with Gasteiger partial charge in [0.05, 0.1) is 0 Å². The van der Waals surface area contributed by atoms with E-state index < -0.39 is 17.5 Å². The second-order valence-electron chi connectivity index (χ2n) is 4.40. The molecule has 0 aliphatic rings. The van der Waals surface area contributed by atoms with Crippen LogP contribution in [0, 0.1) is 17.5 Å². The molecule has 0 bridgehead atoms. The van der Waals surface area contributed by atoms with E-state index in [1.54, 1.807) is 0 Å². The summed E-state index contributed by atoms with van der Waals surface area (Å²) in [6, 6.07) is 8.27. The normalized spacial score (nSPS) is 10.4. The van der Waals surface area contributed by atoms with Crippen LogP contribution in [0.1, 0.15) is 15.9 Å². The van der Waals surface area contributed by atoms with Gasteiger partial charge in [-0.25, -0.2) is 13.2 Å². The van der Waals surface area contributed by atoms with E-state index in [2.05, 4.69) is 0 Å². The number of halogens is 3. The van der Waals surface area contributed by atoms with E-state index in [1.165, 1.54) is 42.3 Å². The highest BCUT2D eigenvalue weighted by Gasteiger charge is 2.14. The number of hydrogen-bond acceptors (Lipinski definition) is 1. The molecule has 104 valence electrons. The van der Waals surface area contributed by atoms with Crippen molar-refractivity contribution in [2.24, 2.45) is 0 Å². The topological polar surface area (TPSA) is 20.3 Å². The average Bonchev–Trinajstić information content (AvgIpc) is 2.42. The number of amides is 1. The molecular weight excluding hydrogens is 267 g/mol. The van der Waals surface area contributed by atoms with Gasteiger partial charge in [0, 0.05) is 30.8 Å². The zero-order chi connectivity index (χ0) is 14.7. The van der Waals surface area contributed by atoms with Crippen LogP contribution in [0.5, 0.6) is 0 Å². The summed E-state index contributed by atoms with van der Waals surface area (Å²) in [5.74, 6) is -2.18. The minimum absolute atomic E-state index is 0.00230. The van der Waals surface area contributed by atoms with Crippen molar-refractivity contribution in [1.29, 1.82) is 0 Å².